The van der Waals surface area contributed by atoms with E-state index in [2.05, 4.69) is 208 Å². The molecule has 10 rings (SSSR count). The van der Waals surface area contributed by atoms with Gasteiger partial charge >= 0.3 is 0 Å². The molecule has 0 radical (unpaired) electrons. The summed E-state index contributed by atoms with van der Waals surface area (Å²) in [5.74, 6) is 0. The molecule has 0 saturated heterocycles. The largest absolute Gasteiger partial charge is 0.307 e. The lowest BCUT2D eigenvalue weighted by molar-refractivity contribution is 1.10. The molecular formula is C50H32Br2N4S4. The molecule has 0 amide bonds. The van der Waals surface area contributed by atoms with Crippen molar-refractivity contribution in [1.82, 2.24) is 19.1 Å². The van der Waals surface area contributed by atoms with Crippen LogP contribution in [0.1, 0.15) is 22.3 Å². The molecule has 0 N–H and O–H groups in total. The van der Waals surface area contributed by atoms with Gasteiger partial charge in [0.1, 0.15) is 0 Å². The molecule has 0 aliphatic carbocycles. The van der Waals surface area contributed by atoms with Crippen molar-refractivity contribution in [2.75, 3.05) is 0 Å². The monoisotopic (exact) mass is 974 g/mol. The van der Waals surface area contributed by atoms with Crippen LogP contribution < -0.4 is 0 Å². The zero-order valence-electron chi connectivity index (χ0n) is 31.7. The number of pyridine rings is 2. The SMILES string of the molecule is Brc1ccc(-n2c(-c3cccs3)cc(/C=C/c3ccnc(-c4cc(/C=C/c5cc(-c6cccs6)n(-c6ccc(Br)cc6)c5-c5cccs5)ccn4)c3)c2-c2cccs2)cc1. The first-order chi connectivity index (χ1) is 29.6. The number of halogens is 2. The maximum atomic E-state index is 4.78. The van der Waals surface area contributed by atoms with Crippen LogP contribution >= 0.6 is 77.2 Å². The molecule has 0 atom stereocenters. The summed E-state index contributed by atoms with van der Waals surface area (Å²) >= 11 is 14.3. The Morgan fingerprint density at radius 2 is 0.800 bits per heavy atom. The Labute approximate surface area is 381 Å². The average Bonchev–Trinajstić information content (AvgIpc) is 4.14. The molecule has 8 heterocycles. The van der Waals surface area contributed by atoms with E-state index in [1.807, 2.05) is 24.5 Å². The molecule has 0 unspecified atom stereocenters. The zero-order chi connectivity index (χ0) is 40.4. The first-order valence-corrected chi connectivity index (χ1v) is 24.1. The molecule has 0 saturated carbocycles. The highest BCUT2D eigenvalue weighted by molar-refractivity contribution is 9.10. The van der Waals surface area contributed by atoms with Gasteiger partial charge in [-0.05, 0) is 142 Å². The van der Waals surface area contributed by atoms with Gasteiger partial charge < -0.3 is 9.13 Å². The molecule has 60 heavy (non-hydrogen) atoms. The molecule has 0 spiro atoms. The number of rotatable bonds is 11. The minimum atomic E-state index is 0.818. The summed E-state index contributed by atoms with van der Waals surface area (Å²) in [6.45, 7) is 0. The molecule has 2 aromatic carbocycles. The van der Waals surface area contributed by atoms with Crippen molar-refractivity contribution in [3.8, 4) is 65.0 Å². The van der Waals surface area contributed by atoms with Crippen molar-refractivity contribution in [3.63, 3.8) is 0 Å². The predicted octanol–water partition coefficient (Wildman–Crippen LogP) is 16.5. The van der Waals surface area contributed by atoms with E-state index in [4.69, 9.17) is 9.97 Å². The lowest BCUT2D eigenvalue weighted by Crippen LogP contribution is -1.98. The number of nitrogens with zero attached hydrogens (tertiary/aromatic N) is 4. The molecule has 0 aliphatic rings. The van der Waals surface area contributed by atoms with E-state index in [0.29, 0.717) is 0 Å². The van der Waals surface area contributed by atoms with Crippen LogP contribution in [0.4, 0.5) is 0 Å². The summed E-state index contributed by atoms with van der Waals surface area (Å²) in [4.78, 5) is 14.4. The van der Waals surface area contributed by atoms with Gasteiger partial charge in [-0.25, -0.2) is 0 Å². The Morgan fingerprint density at radius 3 is 1.17 bits per heavy atom. The van der Waals surface area contributed by atoms with Gasteiger partial charge in [0.05, 0.1) is 53.7 Å². The average molecular weight is 977 g/mol. The summed E-state index contributed by atoms with van der Waals surface area (Å²) < 4.78 is 6.87. The molecule has 290 valence electrons. The number of benzene rings is 2. The minimum absolute atomic E-state index is 0.818. The van der Waals surface area contributed by atoms with Crippen LogP contribution in [0.25, 0.3) is 89.4 Å². The molecule has 0 fully saturated rings. The fraction of sp³-hybridized carbons (Fsp3) is 0. The Balaban J connectivity index is 0.995. The molecule has 0 aliphatic heterocycles. The van der Waals surface area contributed by atoms with E-state index in [9.17, 15) is 0 Å². The second-order valence-electron chi connectivity index (χ2n) is 13.8. The normalized spacial score (nSPS) is 11.7. The molecule has 10 aromatic rings. The third kappa shape index (κ3) is 7.94. The summed E-state index contributed by atoms with van der Waals surface area (Å²) in [5, 5.41) is 8.56. The van der Waals surface area contributed by atoms with Crippen molar-refractivity contribution in [1.29, 1.82) is 0 Å². The minimum Gasteiger partial charge on any atom is -0.307 e. The van der Waals surface area contributed by atoms with Gasteiger partial charge in [0, 0.05) is 43.8 Å². The summed E-state index contributed by atoms with van der Waals surface area (Å²) in [5.41, 5.74) is 12.9. The smallest absolute Gasteiger partial charge is 0.0892 e. The van der Waals surface area contributed by atoms with Crippen LogP contribution in [-0.4, -0.2) is 19.1 Å². The summed E-state index contributed by atoms with van der Waals surface area (Å²) in [6.07, 6.45) is 12.5. The van der Waals surface area contributed by atoms with E-state index < -0.39 is 0 Å². The number of aromatic nitrogens is 4. The number of hydrogen-bond donors (Lipinski definition) is 0. The lowest BCUT2D eigenvalue weighted by atomic mass is 10.1. The third-order valence-electron chi connectivity index (χ3n) is 10.0. The highest BCUT2D eigenvalue weighted by atomic mass is 79.9. The molecule has 0 bridgehead atoms. The maximum Gasteiger partial charge on any atom is 0.0892 e. The maximum absolute atomic E-state index is 4.78. The first kappa shape index (κ1) is 38.7. The lowest BCUT2D eigenvalue weighted by Gasteiger charge is -2.13. The van der Waals surface area contributed by atoms with E-state index in [1.165, 1.54) is 30.9 Å². The predicted molar refractivity (Wildman–Crippen MR) is 266 cm³/mol. The molecule has 4 nitrogen and oxygen atoms in total. The topological polar surface area (TPSA) is 35.6 Å². The number of thiophene rings is 4. The second kappa shape index (κ2) is 17.3. The van der Waals surface area contributed by atoms with Gasteiger partial charge in [-0.2, -0.15) is 0 Å². The van der Waals surface area contributed by atoms with Crippen LogP contribution in [0.2, 0.25) is 0 Å². The van der Waals surface area contributed by atoms with E-state index in [1.54, 1.807) is 45.3 Å². The Bertz CT molecular complexity index is 2870. The van der Waals surface area contributed by atoms with Gasteiger partial charge in [-0.15, -0.1) is 45.3 Å². The van der Waals surface area contributed by atoms with Gasteiger partial charge in [-0.3, -0.25) is 9.97 Å². The Kier molecular flexibility index (Phi) is 11.1. The standard InChI is InChI=1S/C50H32Br2N4S4/c51-37-13-17-39(18-14-37)55-43(45-5-1-25-57-45)31-35(49(55)47-7-3-27-59-47)11-9-33-21-23-53-41(29-33)42-30-34(22-24-54-42)10-12-36-32-44(46-6-2-26-58-46)56(40-19-15-38(52)16-20-40)50(36)48-8-4-28-60-48/h1-32H/b11-9+,12-10+. The van der Waals surface area contributed by atoms with Crippen molar-refractivity contribution < 1.29 is 0 Å². The quantitative estimate of drug-likeness (QED) is 0.129. The van der Waals surface area contributed by atoms with Gasteiger partial charge in [0.15, 0.2) is 0 Å². The van der Waals surface area contributed by atoms with Crippen molar-refractivity contribution >= 4 is 102 Å². The van der Waals surface area contributed by atoms with Crippen LogP contribution in [0.5, 0.6) is 0 Å². The summed E-state index contributed by atoms with van der Waals surface area (Å²) in [6, 6.07) is 47.3. The van der Waals surface area contributed by atoms with E-state index >= 15 is 0 Å². The molecule has 10 heteroatoms. The van der Waals surface area contributed by atoms with Gasteiger partial charge in [0.25, 0.3) is 0 Å². The van der Waals surface area contributed by atoms with Gasteiger partial charge in [-0.1, -0.05) is 80.4 Å². The van der Waals surface area contributed by atoms with Crippen LogP contribution in [0.3, 0.4) is 0 Å². The van der Waals surface area contributed by atoms with Crippen LogP contribution in [0.15, 0.2) is 176 Å². The Hall–Kier alpha value is -5.46. The molecule has 8 aromatic heterocycles. The second-order valence-corrected chi connectivity index (χ2v) is 19.4. The number of hydrogen-bond acceptors (Lipinski definition) is 6. The van der Waals surface area contributed by atoms with Crippen molar-refractivity contribution in [3.05, 3.63) is 199 Å². The van der Waals surface area contributed by atoms with Crippen LogP contribution in [0, 0.1) is 0 Å². The van der Waals surface area contributed by atoms with Crippen LogP contribution in [-0.2, 0) is 0 Å². The van der Waals surface area contributed by atoms with E-state index in [0.717, 1.165) is 65.3 Å². The van der Waals surface area contributed by atoms with Crippen molar-refractivity contribution in [2.45, 2.75) is 0 Å². The zero-order valence-corrected chi connectivity index (χ0v) is 38.1. The first-order valence-electron chi connectivity index (χ1n) is 19.0. The third-order valence-corrected chi connectivity index (χ3v) is 14.6. The highest BCUT2D eigenvalue weighted by Gasteiger charge is 2.21. The highest BCUT2D eigenvalue weighted by Crippen LogP contribution is 2.42. The summed E-state index contributed by atoms with van der Waals surface area (Å²) in [7, 11) is 0. The fourth-order valence-corrected chi connectivity index (χ4v) is 10.9. The Morgan fingerprint density at radius 1 is 0.417 bits per heavy atom. The van der Waals surface area contributed by atoms with Gasteiger partial charge in [0.2, 0.25) is 0 Å². The van der Waals surface area contributed by atoms with Crippen molar-refractivity contribution in [2.24, 2.45) is 0 Å². The fourth-order valence-electron chi connectivity index (χ4n) is 7.33. The molecular weight excluding hydrogens is 945 g/mol. The van der Waals surface area contributed by atoms with E-state index in [-0.39, 0.29) is 0 Å².